The second-order valence-electron chi connectivity index (χ2n) is 5.84. The van der Waals surface area contributed by atoms with Gasteiger partial charge in [-0.15, -0.1) is 0 Å². The summed E-state index contributed by atoms with van der Waals surface area (Å²) in [5, 5.41) is 9.39. The second-order valence-corrected chi connectivity index (χ2v) is 6.25. The van der Waals surface area contributed by atoms with Crippen LogP contribution in [0.2, 0.25) is 5.02 Å². The van der Waals surface area contributed by atoms with Gasteiger partial charge >= 0.3 is 0 Å². The molecule has 3 rings (SSSR count). The van der Waals surface area contributed by atoms with Gasteiger partial charge in [-0.1, -0.05) is 23.7 Å². The number of hydrogen-bond acceptors (Lipinski definition) is 5. The highest BCUT2D eigenvalue weighted by Crippen LogP contribution is 2.31. The fourth-order valence-electron chi connectivity index (χ4n) is 3.23. The summed E-state index contributed by atoms with van der Waals surface area (Å²) in [6, 6.07) is 6.50. The lowest BCUT2D eigenvalue weighted by Gasteiger charge is -2.36. The van der Waals surface area contributed by atoms with Crippen LogP contribution in [0.3, 0.4) is 0 Å². The first kappa shape index (κ1) is 16.4. The summed E-state index contributed by atoms with van der Waals surface area (Å²) in [6.07, 6.45) is 0.198. The van der Waals surface area contributed by atoms with Crippen LogP contribution in [0.4, 0.5) is 5.69 Å². The van der Waals surface area contributed by atoms with Crippen LogP contribution >= 0.6 is 11.6 Å². The van der Waals surface area contributed by atoms with Crippen molar-refractivity contribution < 1.29 is 14.7 Å². The number of carbonyl (C=O) groups is 2. The Balaban J connectivity index is 1.71. The Kier molecular flexibility index (Phi) is 4.96. The standard InChI is InChI=1S/C16H20ClN3O3/c17-12-3-1-2-4-13(12)20-15(22)11-14(16(20)23)19-7-5-18(6-8-19)9-10-21/h1-4,14,21H,5-11H2/t14-/m0/s1. The highest BCUT2D eigenvalue weighted by Gasteiger charge is 2.43. The smallest absolute Gasteiger partial charge is 0.251 e. The van der Waals surface area contributed by atoms with Crippen molar-refractivity contribution in [2.45, 2.75) is 12.5 Å². The third-order valence-electron chi connectivity index (χ3n) is 4.48. The van der Waals surface area contributed by atoms with Crippen LogP contribution < -0.4 is 4.90 Å². The summed E-state index contributed by atoms with van der Waals surface area (Å²) >= 11 is 6.13. The lowest BCUT2D eigenvalue weighted by molar-refractivity contribution is -0.123. The van der Waals surface area contributed by atoms with Crippen molar-refractivity contribution in [3.8, 4) is 0 Å². The van der Waals surface area contributed by atoms with Crippen LogP contribution in [-0.2, 0) is 9.59 Å². The SMILES string of the molecule is O=C1C[C@H](N2CCN(CCO)CC2)C(=O)N1c1ccccc1Cl. The summed E-state index contributed by atoms with van der Waals surface area (Å²) in [4.78, 5) is 30.5. The summed E-state index contributed by atoms with van der Waals surface area (Å²) < 4.78 is 0. The van der Waals surface area contributed by atoms with Gasteiger partial charge in [-0.05, 0) is 12.1 Å². The number of halogens is 1. The Hall–Kier alpha value is -1.47. The number of rotatable bonds is 4. The average molecular weight is 338 g/mol. The number of imide groups is 1. The van der Waals surface area contributed by atoms with E-state index in [-0.39, 0.29) is 24.8 Å². The number of hydrogen-bond donors (Lipinski definition) is 1. The molecule has 0 aliphatic carbocycles. The Morgan fingerprint density at radius 3 is 2.48 bits per heavy atom. The largest absolute Gasteiger partial charge is 0.395 e. The van der Waals surface area contributed by atoms with Crippen LogP contribution in [0.25, 0.3) is 0 Å². The predicted octanol–water partition coefficient (Wildman–Crippen LogP) is 0.582. The van der Waals surface area contributed by atoms with E-state index in [9.17, 15) is 9.59 Å². The summed E-state index contributed by atoms with van der Waals surface area (Å²) in [5.41, 5.74) is 0.464. The summed E-state index contributed by atoms with van der Waals surface area (Å²) in [5.74, 6) is -0.399. The fourth-order valence-corrected chi connectivity index (χ4v) is 3.45. The molecule has 2 heterocycles. The lowest BCUT2D eigenvalue weighted by Crippen LogP contribution is -2.53. The molecule has 2 aliphatic heterocycles. The summed E-state index contributed by atoms with van der Waals surface area (Å²) in [7, 11) is 0. The summed E-state index contributed by atoms with van der Waals surface area (Å²) in [6.45, 7) is 3.83. The molecule has 2 saturated heterocycles. The van der Waals surface area contributed by atoms with Crippen molar-refractivity contribution in [3.05, 3.63) is 29.3 Å². The molecule has 1 N–H and O–H groups in total. The molecule has 1 aromatic rings. The van der Waals surface area contributed by atoms with Gasteiger partial charge < -0.3 is 5.11 Å². The Bertz CT molecular complexity index is 602. The Morgan fingerprint density at radius 1 is 1.13 bits per heavy atom. The third kappa shape index (κ3) is 3.26. The van der Waals surface area contributed by atoms with E-state index < -0.39 is 6.04 Å². The minimum absolute atomic E-state index is 0.140. The topological polar surface area (TPSA) is 64.1 Å². The van der Waals surface area contributed by atoms with Crippen LogP contribution in [0.5, 0.6) is 0 Å². The Labute approximate surface area is 140 Å². The van der Waals surface area contributed by atoms with Gasteiger partial charge in [-0.3, -0.25) is 19.4 Å². The van der Waals surface area contributed by atoms with Gasteiger partial charge in [0.25, 0.3) is 5.91 Å². The van der Waals surface area contributed by atoms with Crippen LogP contribution in [-0.4, -0.2) is 72.1 Å². The number of anilines is 1. The second kappa shape index (κ2) is 6.97. The molecule has 1 aromatic carbocycles. The molecule has 0 radical (unpaired) electrons. The van der Waals surface area contributed by atoms with Gasteiger partial charge in [0.1, 0.15) is 0 Å². The molecule has 0 bridgehead atoms. The number of aliphatic hydroxyl groups excluding tert-OH is 1. The van der Waals surface area contributed by atoms with Gasteiger partial charge in [-0.2, -0.15) is 0 Å². The predicted molar refractivity (Wildman–Crippen MR) is 87.4 cm³/mol. The number of nitrogens with zero attached hydrogens (tertiary/aromatic N) is 3. The first-order valence-electron chi connectivity index (χ1n) is 7.80. The monoisotopic (exact) mass is 337 g/mol. The first-order valence-corrected chi connectivity index (χ1v) is 8.18. The van der Waals surface area contributed by atoms with Crippen molar-refractivity contribution >= 4 is 29.1 Å². The van der Waals surface area contributed by atoms with Crippen LogP contribution in [0.1, 0.15) is 6.42 Å². The van der Waals surface area contributed by atoms with Crippen LogP contribution in [0, 0.1) is 0 Å². The van der Waals surface area contributed by atoms with Gasteiger partial charge in [0.2, 0.25) is 5.91 Å². The number of benzene rings is 1. The van der Waals surface area contributed by atoms with Gasteiger partial charge in [0.05, 0.1) is 29.8 Å². The van der Waals surface area contributed by atoms with E-state index in [0.29, 0.717) is 17.3 Å². The number of amides is 2. The molecule has 0 saturated carbocycles. The van der Waals surface area contributed by atoms with Gasteiger partial charge in [-0.25, -0.2) is 4.90 Å². The molecule has 124 valence electrons. The lowest BCUT2D eigenvalue weighted by atomic mass is 10.1. The molecule has 6 nitrogen and oxygen atoms in total. The minimum atomic E-state index is -0.407. The molecule has 7 heteroatoms. The molecular formula is C16H20ClN3O3. The van der Waals surface area contributed by atoms with E-state index in [4.69, 9.17) is 16.7 Å². The maximum Gasteiger partial charge on any atom is 0.251 e. The molecule has 2 fully saturated rings. The zero-order chi connectivity index (χ0) is 16.4. The maximum absolute atomic E-state index is 12.7. The quantitative estimate of drug-likeness (QED) is 0.814. The van der Waals surface area contributed by atoms with Crippen molar-refractivity contribution in [2.24, 2.45) is 0 Å². The Morgan fingerprint density at radius 2 is 1.83 bits per heavy atom. The van der Waals surface area contributed by atoms with E-state index in [1.165, 1.54) is 4.90 Å². The molecule has 0 aromatic heterocycles. The maximum atomic E-state index is 12.7. The van der Waals surface area contributed by atoms with E-state index in [0.717, 1.165) is 26.2 Å². The van der Waals surface area contributed by atoms with Crippen molar-refractivity contribution in [2.75, 3.05) is 44.2 Å². The molecule has 1 atom stereocenters. The van der Waals surface area contributed by atoms with Gasteiger partial charge in [0.15, 0.2) is 0 Å². The molecule has 0 spiro atoms. The third-order valence-corrected chi connectivity index (χ3v) is 4.80. The zero-order valence-corrected chi connectivity index (χ0v) is 13.6. The van der Waals surface area contributed by atoms with E-state index in [1.54, 1.807) is 24.3 Å². The number of aliphatic hydroxyl groups is 1. The number of β-amino-alcohol motifs (C(OH)–C–C–N with tert-alkyl or cyclic N) is 1. The first-order chi connectivity index (χ1) is 11.1. The molecule has 2 aliphatic rings. The van der Waals surface area contributed by atoms with Crippen molar-refractivity contribution in [1.82, 2.24) is 9.80 Å². The number of carbonyl (C=O) groups excluding carboxylic acids is 2. The van der Waals surface area contributed by atoms with E-state index in [1.807, 2.05) is 0 Å². The van der Waals surface area contributed by atoms with E-state index >= 15 is 0 Å². The zero-order valence-electron chi connectivity index (χ0n) is 12.8. The van der Waals surface area contributed by atoms with Crippen LogP contribution in [0.15, 0.2) is 24.3 Å². The average Bonchev–Trinajstić information content (AvgIpc) is 2.84. The fraction of sp³-hybridized carbons (Fsp3) is 0.500. The van der Waals surface area contributed by atoms with E-state index in [2.05, 4.69) is 9.80 Å². The minimum Gasteiger partial charge on any atom is -0.395 e. The molecule has 2 amide bonds. The highest BCUT2D eigenvalue weighted by molar-refractivity contribution is 6.36. The number of para-hydroxylation sites is 1. The highest BCUT2D eigenvalue weighted by atomic mass is 35.5. The van der Waals surface area contributed by atoms with Crippen molar-refractivity contribution in [3.63, 3.8) is 0 Å². The van der Waals surface area contributed by atoms with Crippen molar-refractivity contribution in [1.29, 1.82) is 0 Å². The molecular weight excluding hydrogens is 318 g/mol. The normalized spacial score (nSPS) is 23.7. The molecule has 23 heavy (non-hydrogen) atoms. The van der Waals surface area contributed by atoms with Gasteiger partial charge in [0, 0.05) is 32.7 Å². The number of piperazine rings is 1. The molecule has 0 unspecified atom stereocenters.